The predicted molar refractivity (Wildman–Crippen MR) is 89.3 cm³/mol. The Morgan fingerprint density at radius 2 is 2.26 bits per heavy atom. The van der Waals surface area contributed by atoms with Crippen molar-refractivity contribution in [2.24, 2.45) is 4.99 Å². The van der Waals surface area contributed by atoms with Gasteiger partial charge in [-0.3, -0.25) is 9.79 Å². The summed E-state index contributed by atoms with van der Waals surface area (Å²) in [5.41, 5.74) is 2.53. The number of hydrogen-bond acceptors (Lipinski definition) is 3. The van der Waals surface area contributed by atoms with Crippen LogP contribution in [0.2, 0.25) is 0 Å². The first kappa shape index (κ1) is 17.2. The molecule has 0 atom stereocenters. The van der Waals surface area contributed by atoms with Gasteiger partial charge in [0.15, 0.2) is 0 Å². The SMILES string of the molecule is CC=NC1=C(C)CCN(C(=O)Cc2ccc(OCC)cc2F)C1. The van der Waals surface area contributed by atoms with Crippen molar-refractivity contribution < 1.29 is 13.9 Å². The summed E-state index contributed by atoms with van der Waals surface area (Å²) in [5.74, 6) is 0.00139. The largest absolute Gasteiger partial charge is 0.494 e. The number of halogens is 1. The molecule has 0 aromatic heterocycles. The topological polar surface area (TPSA) is 41.9 Å². The first-order valence-electron chi connectivity index (χ1n) is 7.91. The van der Waals surface area contributed by atoms with E-state index in [0.29, 0.717) is 31.0 Å². The molecule has 1 aromatic rings. The van der Waals surface area contributed by atoms with Crippen molar-refractivity contribution in [2.75, 3.05) is 19.7 Å². The van der Waals surface area contributed by atoms with Gasteiger partial charge in [0.2, 0.25) is 5.91 Å². The smallest absolute Gasteiger partial charge is 0.227 e. The second-order valence-corrected chi connectivity index (χ2v) is 5.54. The van der Waals surface area contributed by atoms with Crippen LogP contribution in [0.1, 0.15) is 32.8 Å². The molecule has 0 radical (unpaired) electrons. The van der Waals surface area contributed by atoms with E-state index in [1.54, 1.807) is 23.2 Å². The first-order chi connectivity index (χ1) is 11.0. The average molecular weight is 318 g/mol. The molecule has 1 aliphatic rings. The molecule has 1 aromatic carbocycles. The lowest BCUT2D eigenvalue weighted by molar-refractivity contribution is -0.130. The van der Waals surface area contributed by atoms with Crippen LogP contribution in [0, 0.1) is 5.82 Å². The van der Waals surface area contributed by atoms with Gasteiger partial charge >= 0.3 is 0 Å². The molecule has 0 N–H and O–H groups in total. The fourth-order valence-corrected chi connectivity index (χ4v) is 2.56. The standard InChI is InChI=1S/C18H23FN2O2/c1-4-20-17-12-21(9-8-13(17)3)18(22)10-14-6-7-15(23-5-2)11-16(14)19/h4,6-7,11H,5,8-10,12H2,1-3H3. The number of ether oxygens (including phenoxy) is 1. The summed E-state index contributed by atoms with van der Waals surface area (Å²) in [7, 11) is 0. The Bertz CT molecular complexity index is 638. The van der Waals surface area contributed by atoms with Crippen LogP contribution in [-0.4, -0.2) is 36.7 Å². The zero-order valence-corrected chi connectivity index (χ0v) is 13.9. The number of benzene rings is 1. The molecule has 0 spiro atoms. The highest BCUT2D eigenvalue weighted by atomic mass is 19.1. The van der Waals surface area contributed by atoms with Crippen LogP contribution in [0.25, 0.3) is 0 Å². The Labute approximate surface area is 136 Å². The highest BCUT2D eigenvalue weighted by molar-refractivity contribution is 5.79. The molecule has 0 aliphatic carbocycles. The molecule has 1 amide bonds. The predicted octanol–water partition coefficient (Wildman–Crippen LogP) is 3.36. The van der Waals surface area contributed by atoms with Gasteiger partial charge in [0, 0.05) is 18.8 Å². The van der Waals surface area contributed by atoms with Gasteiger partial charge in [0.05, 0.1) is 25.3 Å². The number of amides is 1. The van der Waals surface area contributed by atoms with Crippen molar-refractivity contribution in [1.29, 1.82) is 0 Å². The minimum absolute atomic E-state index is 0.0560. The Balaban J connectivity index is 2.05. The lowest BCUT2D eigenvalue weighted by Gasteiger charge is -2.28. The van der Waals surface area contributed by atoms with E-state index in [1.807, 2.05) is 20.8 Å². The van der Waals surface area contributed by atoms with Crippen LogP contribution in [0.4, 0.5) is 4.39 Å². The van der Waals surface area contributed by atoms with Crippen LogP contribution in [0.5, 0.6) is 5.75 Å². The maximum Gasteiger partial charge on any atom is 0.227 e. The van der Waals surface area contributed by atoms with E-state index >= 15 is 0 Å². The molecule has 0 saturated heterocycles. The quantitative estimate of drug-likeness (QED) is 0.781. The van der Waals surface area contributed by atoms with E-state index in [-0.39, 0.29) is 12.3 Å². The number of hydrogen-bond donors (Lipinski definition) is 0. The molecule has 23 heavy (non-hydrogen) atoms. The van der Waals surface area contributed by atoms with E-state index in [1.165, 1.54) is 11.6 Å². The van der Waals surface area contributed by atoms with Gasteiger partial charge in [0.1, 0.15) is 11.6 Å². The Morgan fingerprint density at radius 1 is 1.48 bits per heavy atom. The van der Waals surface area contributed by atoms with Crippen molar-refractivity contribution >= 4 is 12.1 Å². The minimum Gasteiger partial charge on any atom is -0.494 e. The van der Waals surface area contributed by atoms with Crippen molar-refractivity contribution in [3.05, 3.63) is 40.8 Å². The molecular formula is C18H23FN2O2. The summed E-state index contributed by atoms with van der Waals surface area (Å²) in [6.45, 7) is 7.38. The van der Waals surface area contributed by atoms with Crippen molar-refractivity contribution in [3.63, 3.8) is 0 Å². The molecule has 4 nitrogen and oxygen atoms in total. The molecule has 0 fully saturated rings. The highest BCUT2D eigenvalue weighted by Crippen LogP contribution is 2.21. The van der Waals surface area contributed by atoms with Gasteiger partial charge in [0.25, 0.3) is 0 Å². The molecule has 1 heterocycles. The number of nitrogens with zero attached hydrogens (tertiary/aromatic N) is 2. The van der Waals surface area contributed by atoms with E-state index < -0.39 is 5.82 Å². The lowest BCUT2D eigenvalue weighted by atomic mass is 10.1. The van der Waals surface area contributed by atoms with Crippen LogP contribution in [0.3, 0.4) is 0 Å². The second-order valence-electron chi connectivity index (χ2n) is 5.54. The van der Waals surface area contributed by atoms with Crippen LogP contribution >= 0.6 is 0 Å². The second kappa shape index (κ2) is 7.90. The Hall–Kier alpha value is -2.17. The highest BCUT2D eigenvalue weighted by Gasteiger charge is 2.21. The Morgan fingerprint density at radius 3 is 2.91 bits per heavy atom. The summed E-state index contributed by atoms with van der Waals surface area (Å²) in [6, 6.07) is 4.65. The fourth-order valence-electron chi connectivity index (χ4n) is 2.56. The summed E-state index contributed by atoms with van der Waals surface area (Å²) in [6.07, 6.45) is 2.60. The van der Waals surface area contributed by atoms with Crippen molar-refractivity contribution in [1.82, 2.24) is 4.90 Å². The molecule has 1 aliphatic heterocycles. The summed E-state index contributed by atoms with van der Waals surface area (Å²) in [5, 5.41) is 0. The third-order valence-corrected chi connectivity index (χ3v) is 3.90. The minimum atomic E-state index is -0.403. The number of carbonyl (C=O) groups is 1. The molecule has 124 valence electrons. The van der Waals surface area contributed by atoms with Gasteiger partial charge in [-0.25, -0.2) is 4.39 Å². The summed E-state index contributed by atoms with van der Waals surface area (Å²) < 4.78 is 19.3. The van der Waals surface area contributed by atoms with E-state index in [2.05, 4.69) is 4.99 Å². The molecule has 2 rings (SSSR count). The van der Waals surface area contributed by atoms with Gasteiger partial charge in [-0.05, 0) is 44.4 Å². The number of rotatable bonds is 5. The molecule has 5 heteroatoms. The van der Waals surface area contributed by atoms with Gasteiger partial charge in [-0.1, -0.05) is 6.07 Å². The monoisotopic (exact) mass is 318 g/mol. The first-order valence-corrected chi connectivity index (χ1v) is 7.91. The lowest BCUT2D eigenvalue weighted by Crippen LogP contribution is -2.37. The van der Waals surface area contributed by atoms with Crippen molar-refractivity contribution in [3.8, 4) is 5.75 Å². The Kier molecular flexibility index (Phi) is 5.90. The zero-order valence-electron chi connectivity index (χ0n) is 13.9. The number of aliphatic imine (C=N–C) groups is 1. The van der Waals surface area contributed by atoms with Gasteiger partial charge in [-0.15, -0.1) is 0 Å². The normalized spacial score (nSPS) is 15.4. The molecule has 0 unspecified atom stereocenters. The maximum atomic E-state index is 14.1. The summed E-state index contributed by atoms with van der Waals surface area (Å²) >= 11 is 0. The average Bonchev–Trinajstić information content (AvgIpc) is 2.52. The van der Waals surface area contributed by atoms with E-state index in [9.17, 15) is 9.18 Å². The third-order valence-electron chi connectivity index (χ3n) is 3.90. The molecule has 0 saturated carbocycles. The van der Waals surface area contributed by atoms with E-state index in [0.717, 1.165) is 12.1 Å². The zero-order chi connectivity index (χ0) is 16.8. The fraction of sp³-hybridized carbons (Fsp3) is 0.444. The van der Waals surface area contributed by atoms with Crippen LogP contribution in [-0.2, 0) is 11.2 Å². The molecule has 0 bridgehead atoms. The van der Waals surface area contributed by atoms with Crippen LogP contribution in [0.15, 0.2) is 34.5 Å². The van der Waals surface area contributed by atoms with Gasteiger partial charge < -0.3 is 9.64 Å². The summed E-state index contributed by atoms with van der Waals surface area (Å²) in [4.78, 5) is 18.5. The van der Waals surface area contributed by atoms with E-state index in [4.69, 9.17) is 4.74 Å². The third kappa shape index (κ3) is 4.41. The van der Waals surface area contributed by atoms with Crippen molar-refractivity contribution in [2.45, 2.75) is 33.6 Å². The number of carbonyl (C=O) groups excluding carboxylic acids is 1. The molecular weight excluding hydrogens is 295 g/mol. The maximum absolute atomic E-state index is 14.1. The van der Waals surface area contributed by atoms with Gasteiger partial charge in [-0.2, -0.15) is 0 Å². The van der Waals surface area contributed by atoms with Crippen LogP contribution < -0.4 is 4.74 Å².